The van der Waals surface area contributed by atoms with E-state index in [1.807, 2.05) is 30.3 Å². The number of halogens is 1. The first-order chi connectivity index (χ1) is 13.6. The van der Waals surface area contributed by atoms with E-state index in [9.17, 15) is 9.18 Å². The van der Waals surface area contributed by atoms with Gasteiger partial charge in [0.05, 0.1) is 18.3 Å². The van der Waals surface area contributed by atoms with E-state index in [-0.39, 0.29) is 11.4 Å². The summed E-state index contributed by atoms with van der Waals surface area (Å²) in [7, 11) is 1.60. The van der Waals surface area contributed by atoms with Gasteiger partial charge in [0.2, 0.25) is 0 Å². The Morgan fingerprint density at radius 1 is 1.04 bits per heavy atom. The number of ether oxygens (including phenoxy) is 1. The first-order valence-corrected chi connectivity index (χ1v) is 8.78. The van der Waals surface area contributed by atoms with Gasteiger partial charge < -0.3 is 15.0 Å². The Balaban J connectivity index is 1.64. The van der Waals surface area contributed by atoms with E-state index < -0.39 is 0 Å². The molecule has 6 heteroatoms. The molecule has 0 saturated heterocycles. The molecule has 0 aliphatic carbocycles. The molecule has 0 amide bonds. The van der Waals surface area contributed by atoms with Crippen molar-refractivity contribution in [2.45, 2.75) is 6.54 Å². The van der Waals surface area contributed by atoms with Crippen LogP contribution in [0.4, 0.5) is 10.1 Å². The topological polar surface area (TPSA) is 67.0 Å². The van der Waals surface area contributed by atoms with Crippen molar-refractivity contribution in [3.8, 4) is 16.9 Å². The van der Waals surface area contributed by atoms with E-state index in [2.05, 4.69) is 15.3 Å². The number of benzene rings is 2. The van der Waals surface area contributed by atoms with Crippen molar-refractivity contribution in [3.63, 3.8) is 0 Å². The standard InChI is InChI=1S/C22H18FN3O2/c1-28-21-5-3-15(14-6-8-24-9-7-14)11-20(21)25-13-17-10-16-2-4-18(23)12-19(16)26-22(17)27/h2-12,25H,13H2,1H3,(H,26,27). The molecule has 4 rings (SSSR count). The molecule has 0 aliphatic heterocycles. The lowest BCUT2D eigenvalue weighted by Gasteiger charge is -2.13. The average Bonchev–Trinajstić information content (AvgIpc) is 2.72. The summed E-state index contributed by atoms with van der Waals surface area (Å²) >= 11 is 0. The molecule has 0 unspecified atom stereocenters. The number of H-pyrrole nitrogens is 1. The van der Waals surface area contributed by atoms with Gasteiger partial charge in [-0.3, -0.25) is 9.78 Å². The predicted octanol–water partition coefficient (Wildman–Crippen LogP) is 4.35. The summed E-state index contributed by atoms with van der Waals surface area (Å²) in [6, 6.07) is 15.8. The first-order valence-electron chi connectivity index (χ1n) is 8.78. The molecule has 0 fully saturated rings. The predicted molar refractivity (Wildman–Crippen MR) is 108 cm³/mol. The molecule has 2 aromatic heterocycles. The van der Waals surface area contributed by atoms with Crippen LogP contribution in [0.1, 0.15) is 5.56 Å². The van der Waals surface area contributed by atoms with E-state index in [1.54, 1.807) is 31.6 Å². The van der Waals surface area contributed by atoms with Crippen molar-refractivity contribution in [3.05, 3.63) is 88.7 Å². The summed E-state index contributed by atoms with van der Waals surface area (Å²) in [5, 5.41) is 4.05. The van der Waals surface area contributed by atoms with Gasteiger partial charge in [-0.1, -0.05) is 6.07 Å². The van der Waals surface area contributed by atoms with Gasteiger partial charge in [-0.05, 0) is 65.0 Å². The van der Waals surface area contributed by atoms with Gasteiger partial charge in [-0.25, -0.2) is 4.39 Å². The largest absolute Gasteiger partial charge is 0.495 e. The third-order valence-corrected chi connectivity index (χ3v) is 4.57. The van der Waals surface area contributed by atoms with E-state index in [1.165, 1.54) is 12.1 Å². The highest BCUT2D eigenvalue weighted by Crippen LogP contribution is 2.30. The van der Waals surface area contributed by atoms with Gasteiger partial charge in [0, 0.05) is 24.5 Å². The van der Waals surface area contributed by atoms with Crippen molar-refractivity contribution in [2.24, 2.45) is 0 Å². The van der Waals surface area contributed by atoms with E-state index >= 15 is 0 Å². The fraction of sp³-hybridized carbons (Fsp3) is 0.0909. The number of methoxy groups -OCH3 is 1. The van der Waals surface area contributed by atoms with Crippen molar-refractivity contribution in [1.82, 2.24) is 9.97 Å². The Morgan fingerprint density at radius 2 is 1.86 bits per heavy atom. The summed E-state index contributed by atoms with van der Waals surface area (Å²) in [5.74, 6) is 0.295. The highest BCUT2D eigenvalue weighted by atomic mass is 19.1. The third-order valence-electron chi connectivity index (χ3n) is 4.57. The highest BCUT2D eigenvalue weighted by molar-refractivity contribution is 5.79. The van der Waals surface area contributed by atoms with Gasteiger partial charge in [-0.15, -0.1) is 0 Å². The van der Waals surface area contributed by atoms with Crippen LogP contribution in [0.25, 0.3) is 22.0 Å². The maximum atomic E-state index is 13.3. The lowest BCUT2D eigenvalue weighted by molar-refractivity contribution is 0.416. The molecule has 2 heterocycles. The lowest BCUT2D eigenvalue weighted by Crippen LogP contribution is -2.16. The van der Waals surface area contributed by atoms with Crippen LogP contribution >= 0.6 is 0 Å². The Labute approximate surface area is 160 Å². The number of aromatic nitrogens is 2. The Morgan fingerprint density at radius 3 is 2.64 bits per heavy atom. The Hall–Kier alpha value is -3.67. The molecule has 140 valence electrons. The summed E-state index contributed by atoms with van der Waals surface area (Å²) in [6.07, 6.45) is 3.48. The van der Waals surface area contributed by atoms with Crippen LogP contribution in [0.15, 0.2) is 71.8 Å². The number of aromatic amines is 1. The quantitative estimate of drug-likeness (QED) is 0.544. The molecule has 0 bridgehead atoms. The minimum absolute atomic E-state index is 0.255. The second kappa shape index (κ2) is 7.52. The lowest BCUT2D eigenvalue weighted by atomic mass is 10.1. The average molecular weight is 375 g/mol. The van der Waals surface area contributed by atoms with Crippen LogP contribution in [-0.4, -0.2) is 17.1 Å². The summed E-state index contributed by atoms with van der Waals surface area (Å²) in [6.45, 7) is 0.304. The maximum absolute atomic E-state index is 13.3. The molecular weight excluding hydrogens is 357 g/mol. The Kier molecular flexibility index (Phi) is 4.76. The van der Waals surface area contributed by atoms with Gasteiger partial charge in [0.15, 0.2) is 0 Å². The van der Waals surface area contributed by atoms with Crippen LogP contribution in [0.5, 0.6) is 5.75 Å². The number of anilines is 1. The third kappa shape index (κ3) is 3.57. The van der Waals surface area contributed by atoms with Gasteiger partial charge in [-0.2, -0.15) is 0 Å². The smallest absolute Gasteiger partial charge is 0.253 e. The summed E-state index contributed by atoms with van der Waals surface area (Å²) in [4.78, 5) is 19.1. The second-order valence-electron chi connectivity index (χ2n) is 6.36. The Bertz CT molecular complexity index is 1190. The van der Waals surface area contributed by atoms with Crippen LogP contribution < -0.4 is 15.6 Å². The van der Waals surface area contributed by atoms with Crippen LogP contribution in [0.3, 0.4) is 0 Å². The molecular formula is C22H18FN3O2. The van der Waals surface area contributed by atoms with Crippen LogP contribution in [-0.2, 0) is 6.54 Å². The van der Waals surface area contributed by atoms with Gasteiger partial charge in [0.1, 0.15) is 11.6 Å². The van der Waals surface area contributed by atoms with Crippen molar-refractivity contribution >= 4 is 16.6 Å². The molecule has 0 aliphatic rings. The monoisotopic (exact) mass is 375 g/mol. The molecule has 0 atom stereocenters. The number of rotatable bonds is 5. The normalized spacial score (nSPS) is 10.8. The molecule has 28 heavy (non-hydrogen) atoms. The number of pyridine rings is 2. The zero-order valence-electron chi connectivity index (χ0n) is 15.2. The first kappa shape index (κ1) is 17.7. The molecule has 2 N–H and O–H groups in total. The number of hydrogen-bond donors (Lipinski definition) is 2. The molecule has 0 spiro atoms. The molecule has 5 nitrogen and oxygen atoms in total. The number of nitrogens with zero attached hydrogens (tertiary/aromatic N) is 1. The maximum Gasteiger partial charge on any atom is 0.253 e. The highest BCUT2D eigenvalue weighted by Gasteiger charge is 2.09. The summed E-state index contributed by atoms with van der Waals surface area (Å²) in [5.41, 5.74) is 3.59. The van der Waals surface area contributed by atoms with Gasteiger partial charge in [0.25, 0.3) is 5.56 Å². The van der Waals surface area contributed by atoms with Crippen molar-refractivity contribution in [1.29, 1.82) is 0 Å². The number of fused-ring (bicyclic) bond motifs is 1. The SMILES string of the molecule is COc1ccc(-c2ccncc2)cc1NCc1cc2ccc(F)cc2[nH]c1=O. The second-order valence-corrected chi connectivity index (χ2v) is 6.36. The molecule has 0 radical (unpaired) electrons. The van der Waals surface area contributed by atoms with E-state index in [0.717, 1.165) is 22.2 Å². The van der Waals surface area contributed by atoms with Crippen molar-refractivity contribution < 1.29 is 9.13 Å². The minimum Gasteiger partial charge on any atom is -0.495 e. The van der Waals surface area contributed by atoms with Crippen molar-refractivity contribution in [2.75, 3.05) is 12.4 Å². The fourth-order valence-electron chi connectivity index (χ4n) is 3.11. The zero-order valence-corrected chi connectivity index (χ0v) is 15.2. The summed E-state index contributed by atoms with van der Waals surface area (Å²) < 4.78 is 18.8. The molecule has 4 aromatic rings. The van der Waals surface area contributed by atoms with Crippen LogP contribution in [0.2, 0.25) is 0 Å². The fourth-order valence-corrected chi connectivity index (χ4v) is 3.11. The number of nitrogens with one attached hydrogen (secondary N) is 2. The van der Waals surface area contributed by atoms with E-state index in [0.29, 0.717) is 23.4 Å². The molecule has 0 saturated carbocycles. The van der Waals surface area contributed by atoms with Gasteiger partial charge >= 0.3 is 0 Å². The number of hydrogen-bond acceptors (Lipinski definition) is 4. The van der Waals surface area contributed by atoms with Crippen LogP contribution in [0, 0.1) is 5.82 Å². The minimum atomic E-state index is -0.383. The van der Waals surface area contributed by atoms with E-state index in [4.69, 9.17) is 4.74 Å². The molecule has 2 aromatic carbocycles. The zero-order chi connectivity index (χ0) is 19.5.